The molecule has 0 aliphatic carbocycles. The van der Waals surface area contributed by atoms with Gasteiger partial charge in [-0.3, -0.25) is 9.97 Å². The van der Waals surface area contributed by atoms with Crippen LogP contribution in [0.25, 0.3) is 0 Å². The first kappa shape index (κ1) is 22.0. The summed E-state index contributed by atoms with van der Waals surface area (Å²) in [4.78, 5) is 7.57. The van der Waals surface area contributed by atoms with Gasteiger partial charge in [0, 0.05) is 24.8 Å². The normalized spacial score (nSPS) is 9.90. The summed E-state index contributed by atoms with van der Waals surface area (Å²) < 4.78 is 58.9. The largest absolute Gasteiger partial charge is 1.00 e. The van der Waals surface area contributed by atoms with E-state index in [4.69, 9.17) is 13.0 Å². The van der Waals surface area contributed by atoms with E-state index in [-0.39, 0.29) is 22.4 Å². The molecule has 0 aliphatic rings. The number of hydrogen-bond donors (Lipinski definition) is 0. The Morgan fingerprint density at radius 1 is 0.762 bits per heavy atom. The van der Waals surface area contributed by atoms with Crippen LogP contribution in [0.2, 0.25) is 0 Å². The zero-order chi connectivity index (χ0) is 15.5. The van der Waals surface area contributed by atoms with Crippen LogP contribution < -0.4 is 0 Å². The molecule has 0 saturated carbocycles. The molecule has 0 N–H and O–H groups in total. The molecule has 0 aliphatic heterocycles. The Hall–Kier alpha value is -1.26. The topological polar surface area (TPSA) is 83.0 Å². The van der Waals surface area contributed by atoms with Gasteiger partial charge in [-0.2, -0.15) is 13.2 Å². The fourth-order valence-electron chi connectivity index (χ4n) is 0.625. The van der Waals surface area contributed by atoms with Crippen molar-refractivity contribution >= 4 is 10.1 Å². The molecule has 120 valence electrons. The molecule has 0 spiro atoms. The molecule has 0 unspecified atom stereocenters. The second kappa shape index (κ2) is 11.4. The number of aromatic nitrogens is 2. The molecular weight excluding hydrogens is 405 g/mol. The van der Waals surface area contributed by atoms with E-state index in [2.05, 4.69) is 9.97 Å². The van der Waals surface area contributed by atoms with E-state index < -0.39 is 15.6 Å². The number of hydrogen-bond acceptors (Lipinski definition) is 5. The number of pyridine rings is 2. The molecule has 2 heterocycles. The average molecular weight is 415 g/mol. The van der Waals surface area contributed by atoms with Crippen LogP contribution >= 0.6 is 0 Å². The van der Waals surface area contributed by atoms with E-state index in [9.17, 15) is 13.2 Å². The molecule has 2 aromatic heterocycles. The quantitative estimate of drug-likeness (QED) is 0.375. The van der Waals surface area contributed by atoms with E-state index in [1.807, 2.05) is 36.4 Å². The summed E-state index contributed by atoms with van der Waals surface area (Å²) in [6.45, 7) is 0. The maximum absolute atomic E-state index is 10.7. The summed E-state index contributed by atoms with van der Waals surface area (Å²) in [6.07, 6.45) is 7.00. The van der Waals surface area contributed by atoms with Crippen LogP contribution in [-0.4, -0.2) is 28.4 Å². The Kier molecular flexibility index (Phi) is 12.0. The van der Waals surface area contributed by atoms with Gasteiger partial charge in [0.05, 0.1) is 0 Å². The van der Waals surface area contributed by atoms with Crippen LogP contribution in [0.4, 0.5) is 13.2 Å². The van der Waals surface area contributed by atoms with Crippen molar-refractivity contribution in [2.45, 2.75) is 5.51 Å². The smallest absolute Gasteiger partial charge is 0.741 e. The molecule has 0 fully saturated rings. The van der Waals surface area contributed by atoms with E-state index >= 15 is 0 Å². The van der Waals surface area contributed by atoms with Gasteiger partial charge in [-0.05, 0) is 24.3 Å². The van der Waals surface area contributed by atoms with E-state index in [1.54, 1.807) is 24.8 Å². The fourth-order valence-corrected chi connectivity index (χ4v) is 0.625. The molecule has 0 aromatic carbocycles. The van der Waals surface area contributed by atoms with Crippen molar-refractivity contribution in [1.82, 2.24) is 9.97 Å². The molecule has 0 saturated heterocycles. The zero-order valence-electron chi connectivity index (χ0n) is 10.2. The van der Waals surface area contributed by atoms with Crippen LogP contribution in [0.15, 0.2) is 61.2 Å². The summed E-state index contributed by atoms with van der Waals surface area (Å²) in [7, 11) is -6.09. The van der Waals surface area contributed by atoms with Crippen molar-refractivity contribution in [2.75, 3.05) is 0 Å². The minimum absolute atomic E-state index is 0. The van der Waals surface area contributed by atoms with Gasteiger partial charge in [-0.1, -0.05) is 12.1 Å². The van der Waals surface area contributed by atoms with Gasteiger partial charge in [-0.15, -0.1) is 0 Å². The minimum atomic E-state index is -6.09. The van der Waals surface area contributed by atoms with Crippen molar-refractivity contribution < 1.29 is 48.5 Å². The molecule has 21 heavy (non-hydrogen) atoms. The summed E-state index contributed by atoms with van der Waals surface area (Å²) in [5.74, 6) is 0. The zero-order valence-corrected chi connectivity index (χ0v) is 12.5. The van der Waals surface area contributed by atoms with Gasteiger partial charge < -0.3 is 4.55 Å². The third-order valence-electron chi connectivity index (χ3n) is 1.42. The Bertz CT molecular complexity index is 469. The summed E-state index contributed by atoms with van der Waals surface area (Å²) >= 11 is 0. The Balaban J connectivity index is 0. The second-order valence-corrected chi connectivity index (χ2v) is 4.32. The van der Waals surface area contributed by atoms with Gasteiger partial charge >= 0.3 is 27.9 Å². The Labute approximate surface area is 135 Å². The third kappa shape index (κ3) is 13.5. The number of halogens is 3. The molecular formula is C11H10AgF3N2O3S. The first-order chi connectivity index (χ1) is 9.25. The van der Waals surface area contributed by atoms with Gasteiger partial charge in [0.15, 0.2) is 10.1 Å². The van der Waals surface area contributed by atoms with Crippen LogP contribution in [0.3, 0.4) is 0 Å². The molecule has 2 aromatic rings. The molecule has 5 nitrogen and oxygen atoms in total. The van der Waals surface area contributed by atoms with E-state index in [0.717, 1.165) is 0 Å². The van der Waals surface area contributed by atoms with Crippen molar-refractivity contribution in [3.63, 3.8) is 0 Å². The molecule has 10 heteroatoms. The third-order valence-corrected chi connectivity index (χ3v) is 1.98. The molecule has 2 rings (SSSR count). The van der Waals surface area contributed by atoms with Gasteiger partial charge in [0.2, 0.25) is 0 Å². The summed E-state index contributed by atoms with van der Waals surface area (Å²) in [5, 5.41) is 0. The first-order valence-corrected chi connectivity index (χ1v) is 6.38. The fraction of sp³-hybridized carbons (Fsp3) is 0.0909. The van der Waals surface area contributed by atoms with Crippen molar-refractivity contribution in [3.05, 3.63) is 61.2 Å². The Morgan fingerprint density at radius 3 is 1.05 bits per heavy atom. The number of alkyl halides is 3. The van der Waals surface area contributed by atoms with E-state index in [0.29, 0.717) is 0 Å². The van der Waals surface area contributed by atoms with Crippen molar-refractivity contribution in [3.8, 4) is 0 Å². The van der Waals surface area contributed by atoms with Gasteiger partial charge in [-0.25, -0.2) is 8.42 Å². The van der Waals surface area contributed by atoms with Crippen molar-refractivity contribution in [1.29, 1.82) is 0 Å². The maximum atomic E-state index is 10.7. The maximum Gasteiger partial charge on any atom is 1.00 e. The first-order valence-electron chi connectivity index (χ1n) is 4.97. The van der Waals surface area contributed by atoms with Crippen LogP contribution in [-0.2, 0) is 32.5 Å². The Morgan fingerprint density at radius 2 is 1.00 bits per heavy atom. The van der Waals surface area contributed by atoms with E-state index in [1.165, 1.54) is 0 Å². The molecule has 0 atom stereocenters. The average Bonchev–Trinajstić information content (AvgIpc) is 2.42. The van der Waals surface area contributed by atoms with Gasteiger partial charge in [0.1, 0.15) is 0 Å². The van der Waals surface area contributed by atoms with Crippen LogP contribution in [0, 0.1) is 0 Å². The summed E-state index contributed by atoms with van der Waals surface area (Å²) in [6, 6.07) is 11.4. The monoisotopic (exact) mass is 414 g/mol. The molecule has 0 bridgehead atoms. The molecule has 0 radical (unpaired) electrons. The number of nitrogens with zero attached hydrogens (tertiary/aromatic N) is 2. The van der Waals surface area contributed by atoms with Crippen LogP contribution in [0.1, 0.15) is 0 Å². The summed E-state index contributed by atoms with van der Waals surface area (Å²) in [5.41, 5.74) is -5.65. The predicted molar refractivity (Wildman–Crippen MR) is 64.2 cm³/mol. The standard InChI is InChI=1S/2C5H5N.CHF3O3S.Ag/c2*1-2-4-6-5-3-1;2-1(3,4)8(5,6)7;/h2*1-5H;(H,5,6,7);/q;;;+1/p-1. The van der Waals surface area contributed by atoms with Crippen molar-refractivity contribution in [2.24, 2.45) is 0 Å². The minimum Gasteiger partial charge on any atom is -0.741 e. The SMILES string of the molecule is O=S(=O)([O-])C(F)(F)F.[Ag+].c1ccncc1.c1ccncc1. The van der Waals surface area contributed by atoms with Crippen LogP contribution in [0.5, 0.6) is 0 Å². The van der Waals surface area contributed by atoms with Gasteiger partial charge in [0.25, 0.3) is 0 Å². The predicted octanol–water partition coefficient (Wildman–Crippen LogP) is 2.21. The number of rotatable bonds is 0. The second-order valence-electron chi connectivity index (χ2n) is 2.95. The molecule has 0 amide bonds.